The average Bonchev–Trinajstić information content (AvgIpc) is 2.63. The number of ether oxygens (including phenoxy) is 2. The molecule has 0 unspecified atom stereocenters. The molecule has 1 aliphatic rings. The molecule has 0 radical (unpaired) electrons. The van der Waals surface area contributed by atoms with Crippen LogP contribution in [0.1, 0.15) is 5.56 Å². The Hall–Kier alpha value is -1.38. The Balaban J connectivity index is 2.53. The van der Waals surface area contributed by atoms with Gasteiger partial charge in [0.1, 0.15) is 0 Å². The van der Waals surface area contributed by atoms with Gasteiger partial charge in [-0.15, -0.1) is 0 Å². The van der Waals surface area contributed by atoms with Crippen molar-refractivity contribution in [1.82, 2.24) is 0 Å². The quantitative estimate of drug-likeness (QED) is 0.749. The molecule has 0 atom stereocenters. The number of hydrogen-bond acceptors (Lipinski definition) is 3. The summed E-state index contributed by atoms with van der Waals surface area (Å²) < 4.78 is 10.5. The predicted molar refractivity (Wildman–Crippen MR) is 51.7 cm³/mol. The van der Waals surface area contributed by atoms with E-state index >= 15 is 0 Å². The van der Waals surface area contributed by atoms with Crippen molar-refractivity contribution >= 4 is 5.69 Å². The van der Waals surface area contributed by atoms with E-state index in [1.165, 1.54) is 5.56 Å². The molecule has 0 spiro atoms. The second kappa shape index (κ2) is 3.17. The van der Waals surface area contributed by atoms with E-state index in [1.807, 2.05) is 12.1 Å². The summed E-state index contributed by atoms with van der Waals surface area (Å²) >= 11 is 0. The van der Waals surface area contributed by atoms with Crippen molar-refractivity contribution in [2.24, 2.45) is 0 Å². The number of methoxy groups -OCH3 is 2. The van der Waals surface area contributed by atoms with Crippen LogP contribution in [0.25, 0.3) is 0 Å². The largest absolute Gasteiger partial charge is 0.493 e. The summed E-state index contributed by atoms with van der Waals surface area (Å²) in [5, 5.41) is 3.29. The summed E-state index contributed by atoms with van der Waals surface area (Å²) in [5.74, 6) is 1.68. The third-order valence-electron chi connectivity index (χ3n) is 2.34. The number of benzene rings is 1. The van der Waals surface area contributed by atoms with Crippen molar-refractivity contribution in [3.05, 3.63) is 17.7 Å². The Morgan fingerprint density at radius 3 is 2.77 bits per heavy atom. The SMILES string of the molecule is COc1ccc2c(c1OC)CCN2. The van der Waals surface area contributed by atoms with Crippen LogP contribution in [0.4, 0.5) is 5.69 Å². The van der Waals surface area contributed by atoms with Gasteiger partial charge in [-0.25, -0.2) is 0 Å². The Morgan fingerprint density at radius 1 is 1.23 bits per heavy atom. The highest BCUT2D eigenvalue weighted by Gasteiger charge is 2.18. The van der Waals surface area contributed by atoms with Crippen LogP contribution in [0, 0.1) is 0 Å². The molecule has 0 saturated heterocycles. The molecule has 2 rings (SSSR count). The monoisotopic (exact) mass is 179 g/mol. The second-order valence-electron chi connectivity index (χ2n) is 3.00. The van der Waals surface area contributed by atoms with Gasteiger partial charge in [-0.3, -0.25) is 0 Å². The summed E-state index contributed by atoms with van der Waals surface area (Å²) in [6.07, 6.45) is 1.01. The lowest BCUT2D eigenvalue weighted by Crippen LogP contribution is -1.94. The molecule has 1 aromatic carbocycles. The molecule has 1 heterocycles. The van der Waals surface area contributed by atoms with Gasteiger partial charge in [-0.05, 0) is 18.6 Å². The van der Waals surface area contributed by atoms with Crippen LogP contribution in [-0.2, 0) is 6.42 Å². The number of nitrogens with one attached hydrogen (secondary N) is 1. The molecule has 70 valence electrons. The molecule has 0 fully saturated rings. The fraction of sp³-hybridized carbons (Fsp3) is 0.400. The minimum atomic E-state index is 0.810. The zero-order chi connectivity index (χ0) is 9.26. The van der Waals surface area contributed by atoms with Gasteiger partial charge in [0.2, 0.25) is 0 Å². The molecular weight excluding hydrogens is 166 g/mol. The van der Waals surface area contributed by atoms with E-state index in [4.69, 9.17) is 9.47 Å². The maximum absolute atomic E-state index is 5.31. The van der Waals surface area contributed by atoms with Gasteiger partial charge in [0, 0.05) is 17.8 Å². The van der Waals surface area contributed by atoms with Crippen molar-refractivity contribution in [2.75, 3.05) is 26.1 Å². The molecule has 1 aromatic rings. The van der Waals surface area contributed by atoms with E-state index in [9.17, 15) is 0 Å². The minimum absolute atomic E-state index is 0.810. The van der Waals surface area contributed by atoms with E-state index in [1.54, 1.807) is 14.2 Å². The van der Waals surface area contributed by atoms with Crippen molar-refractivity contribution in [2.45, 2.75) is 6.42 Å². The van der Waals surface area contributed by atoms with E-state index in [2.05, 4.69) is 5.32 Å². The third-order valence-corrected chi connectivity index (χ3v) is 2.34. The summed E-state index contributed by atoms with van der Waals surface area (Å²) in [4.78, 5) is 0. The molecule has 0 aliphatic carbocycles. The van der Waals surface area contributed by atoms with Gasteiger partial charge < -0.3 is 14.8 Å². The predicted octanol–water partition coefficient (Wildman–Crippen LogP) is 1.67. The highest BCUT2D eigenvalue weighted by molar-refractivity contribution is 5.65. The first-order valence-electron chi connectivity index (χ1n) is 4.34. The molecule has 0 amide bonds. The van der Waals surface area contributed by atoms with Crippen molar-refractivity contribution < 1.29 is 9.47 Å². The van der Waals surface area contributed by atoms with Crippen molar-refractivity contribution in [3.8, 4) is 11.5 Å². The average molecular weight is 179 g/mol. The highest BCUT2D eigenvalue weighted by Crippen LogP contribution is 2.38. The van der Waals surface area contributed by atoms with E-state index in [-0.39, 0.29) is 0 Å². The van der Waals surface area contributed by atoms with Crippen molar-refractivity contribution in [1.29, 1.82) is 0 Å². The lowest BCUT2D eigenvalue weighted by molar-refractivity contribution is 0.352. The van der Waals surface area contributed by atoms with Gasteiger partial charge in [0.15, 0.2) is 11.5 Å². The summed E-state index contributed by atoms with van der Waals surface area (Å²) in [7, 11) is 3.34. The molecule has 0 saturated carbocycles. The molecule has 3 nitrogen and oxygen atoms in total. The fourth-order valence-corrected chi connectivity index (χ4v) is 1.73. The molecule has 13 heavy (non-hydrogen) atoms. The molecule has 0 aromatic heterocycles. The number of rotatable bonds is 2. The van der Waals surface area contributed by atoms with Crippen LogP contribution in [0.2, 0.25) is 0 Å². The normalized spacial score (nSPS) is 13.4. The molecule has 0 bridgehead atoms. The van der Waals surface area contributed by atoms with E-state index in [0.717, 1.165) is 30.2 Å². The maximum Gasteiger partial charge on any atom is 0.166 e. The Labute approximate surface area is 77.7 Å². The van der Waals surface area contributed by atoms with Gasteiger partial charge in [0.25, 0.3) is 0 Å². The summed E-state index contributed by atoms with van der Waals surface area (Å²) in [6, 6.07) is 3.96. The number of fused-ring (bicyclic) bond motifs is 1. The zero-order valence-corrected chi connectivity index (χ0v) is 7.89. The first-order valence-corrected chi connectivity index (χ1v) is 4.34. The van der Waals surface area contributed by atoms with Gasteiger partial charge in [0.05, 0.1) is 14.2 Å². The Kier molecular flexibility index (Phi) is 2.00. The smallest absolute Gasteiger partial charge is 0.166 e. The van der Waals surface area contributed by atoms with Crippen LogP contribution in [0.3, 0.4) is 0 Å². The van der Waals surface area contributed by atoms with Crippen LogP contribution in [0.15, 0.2) is 12.1 Å². The van der Waals surface area contributed by atoms with Crippen LogP contribution in [-0.4, -0.2) is 20.8 Å². The van der Waals surface area contributed by atoms with E-state index < -0.39 is 0 Å². The molecule has 3 heteroatoms. The highest BCUT2D eigenvalue weighted by atomic mass is 16.5. The lowest BCUT2D eigenvalue weighted by Gasteiger charge is -2.11. The first kappa shape index (κ1) is 8.23. The van der Waals surface area contributed by atoms with Crippen molar-refractivity contribution in [3.63, 3.8) is 0 Å². The summed E-state index contributed by atoms with van der Waals surface area (Å²) in [5.41, 5.74) is 2.39. The number of hydrogen-bond donors (Lipinski definition) is 1. The zero-order valence-electron chi connectivity index (χ0n) is 7.89. The van der Waals surface area contributed by atoms with Crippen LogP contribution < -0.4 is 14.8 Å². The molecule has 1 N–H and O–H groups in total. The molecule has 1 aliphatic heterocycles. The Bertz CT molecular complexity index is 323. The lowest BCUT2D eigenvalue weighted by atomic mass is 10.1. The van der Waals surface area contributed by atoms with Gasteiger partial charge >= 0.3 is 0 Å². The van der Waals surface area contributed by atoms with Crippen LogP contribution >= 0.6 is 0 Å². The van der Waals surface area contributed by atoms with Gasteiger partial charge in [-0.1, -0.05) is 0 Å². The maximum atomic E-state index is 5.31. The Morgan fingerprint density at radius 2 is 2.08 bits per heavy atom. The first-order chi connectivity index (χ1) is 6.36. The number of anilines is 1. The van der Waals surface area contributed by atoms with E-state index in [0.29, 0.717) is 0 Å². The van der Waals surface area contributed by atoms with Crippen LogP contribution in [0.5, 0.6) is 11.5 Å². The summed E-state index contributed by atoms with van der Waals surface area (Å²) in [6.45, 7) is 0.985. The third kappa shape index (κ3) is 1.20. The molecular formula is C10H13NO2. The fourth-order valence-electron chi connectivity index (χ4n) is 1.73. The second-order valence-corrected chi connectivity index (χ2v) is 3.00. The minimum Gasteiger partial charge on any atom is -0.493 e. The van der Waals surface area contributed by atoms with Gasteiger partial charge in [-0.2, -0.15) is 0 Å². The standard InChI is InChI=1S/C10H13NO2/c1-12-9-4-3-8-7(5-6-11-8)10(9)13-2/h3-4,11H,5-6H2,1-2H3. The topological polar surface area (TPSA) is 30.5 Å².